The zero-order valence-electron chi connectivity index (χ0n) is 4.02. The average molecular weight is 90.1 g/mol. The van der Waals surface area contributed by atoms with E-state index in [9.17, 15) is 0 Å². The van der Waals surface area contributed by atoms with Gasteiger partial charge >= 0.3 is 0 Å². The summed E-state index contributed by atoms with van der Waals surface area (Å²) in [6, 6.07) is 0. The molecule has 0 saturated heterocycles. The van der Waals surface area contributed by atoms with Gasteiger partial charge in [-0.05, 0) is 13.8 Å². The van der Waals surface area contributed by atoms with Gasteiger partial charge in [0.25, 0.3) is 0 Å². The van der Waals surface area contributed by atoms with Crippen LogP contribution in [0.15, 0.2) is 0 Å². The summed E-state index contributed by atoms with van der Waals surface area (Å²) in [5.74, 6) is 4.81. The first-order valence-corrected chi connectivity index (χ1v) is 1.76. The molecule has 0 aliphatic carbocycles. The summed E-state index contributed by atoms with van der Waals surface area (Å²) in [6.07, 6.45) is 0. The van der Waals surface area contributed by atoms with Crippen LogP contribution in [0.25, 0.3) is 0 Å². The largest absolute Gasteiger partial charge is 0.375 e. The van der Waals surface area contributed by atoms with E-state index in [4.69, 9.17) is 10.9 Å². The van der Waals surface area contributed by atoms with E-state index in [-0.39, 0.29) is 0 Å². The van der Waals surface area contributed by atoms with Gasteiger partial charge in [-0.3, -0.25) is 5.84 Å². The Bertz CT molecular complexity index is 38.5. The van der Waals surface area contributed by atoms with Crippen molar-refractivity contribution >= 4 is 0 Å². The fourth-order valence-electron chi connectivity index (χ4n) is 0. The Morgan fingerprint density at radius 3 is 1.83 bits per heavy atom. The predicted molar refractivity (Wildman–Crippen MR) is 23.6 cm³/mol. The van der Waals surface area contributed by atoms with Gasteiger partial charge in [-0.25, -0.2) is 5.43 Å². The van der Waals surface area contributed by atoms with Gasteiger partial charge in [0.05, 0.1) is 0 Å². The molecule has 4 N–H and O–H groups in total. The first-order valence-electron chi connectivity index (χ1n) is 1.76. The fraction of sp³-hybridized carbons (Fsp3) is 1.00. The lowest BCUT2D eigenvalue weighted by Crippen LogP contribution is -2.43. The second-order valence-corrected chi connectivity index (χ2v) is 1.70. The molecule has 3 heteroatoms. The summed E-state index contributed by atoms with van der Waals surface area (Å²) in [4.78, 5) is 0. The summed E-state index contributed by atoms with van der Waals surface area (Å²) < 4.78 is 0. The van der Waals surface area contributed by atoms with Crippen molar-refractivity contribution < 1.29 is 5.11 Å². The van der Waals surface area contributed by atoms with E-state index in [1.807, 2.05) is 0 Å². The van der Waals surface area contributed by atoms with Gasteiger partial charge in [0.15, 0.2) is 0 Å². The van der Waals surface area contributed by atoms with Gasteiger partial charge < -0.3 is 5.11 Å². The maximum absolute atomic E-state index is 8.59. The third-order valence-corrected chi connectivity index (χ3v) is 0.353. The Hall–Kier alpha value is -0.120. The standard InChI is InChI=1S/C3H10N2O/c1-3(2,6)5-4/h5-6H,4H2,1-2H3. The molecule has 0 unspecified atom stereocenters. The van der Waals surface area contributed by atoms with Crippen molar-refractivity contribution in [3.8, 4) is 0 Å². The van der Waals surface area contributed by atoms with Crippen molar-refractivity contribution in [2.75, 3.05) is 0 Å². The molecule has 6 heavy (non-hydrogen) atoms. The Morgan fingerprint density at radius 2 is 1.83 bits per heavy atom. The molecule has 0 atom stereocenters. The fourth-order valence-corrected chi connectivity index (χ4v) is 0. The lowest BCUT2D eigenvalue weighted by molar-refractivity contribution is 0.0439. The number of hydrogen-bond acceptors (Lipinski definition) is 3. The van der Waals surface area contributed by atoms with Crippen molar-refractivity contribution in [1.29, 1.82) is 0 Å². The van der Waals surface area contributed by atoms with E-state index in [0.29, 0.717) is 0 Å². The second-order valence-electron chi connectivity index (χ2n) is 1.70. The van der Waals surface area contributed by atoms with E-state index in [2.05, 4.69) is 5.43 Å². The van der Waals surface area contributed by atoms with Crippen LogP contribution < -0.4 is 11.3 Å². The molecule has 0 bridgehead atoms. The van der Waals surface area contributed by atoms with Crippen molar-refractivity contribution in [2.45, 2.75) is 19.6 Å². The van der Waals surface area contributed by atoms with Crippen LogP contribution in [0.1, 0.15) is 13.8 Å². The predicted octanol–water partition coefficient (Wildman–Crippen LogP) is -0.822. The lowest BCUT2D eigenvalue weighted by Gasteiger charge is -2.13. The molecular weight excluding hydrogens is 80.0 g/mol. The van der Waals surface area contributed by atoms with Gasteiger partial charge in [0.1, 0.15) is 5.72 Å². The maximum atomic E-state index is 8.59. The van der Waals surface area contributed by atoms with Crippen LogP contribution in [-0.4, -0.2) is 10.8 Å². The lowest BCUT2D eigenvalue weighted by atomic mass is 10.3. The molecule has 0 aromatic heterocycles. The molecule has 0 radical (unpaired) electrons. The highest BCUT2D eigenvalue weighted by atomic mass is 16.3. The summed E-state index contributed by atoms with van der Waals surface area (Å²) in [5, 5.41) is 8.59. The van der Waals surface area contributed by atoms with E-state index in [1.165, 1.54) is 0 Å². The molecule has 0 saturated carbocycles. The Labute approximate surface area is 37.1 Å². The number of hydrazine groups is 1. The molecule has 0 spiro atoms. The third-order valence-electron chi connectivity index (χ3n) is 0.353. The SMILES string of the molecule is CC(C)(O)NN. The molecule has 0 heterocycles. The van der Waals surface area contributed by atoms with E-state index in [1.54, 1.807) is 13.8 Å². The van der Waals surface area contributed by atoms with Crippen LogP contribution in [0.5, 0.6) is 0 Å². The minimum Gasteiger partial charge on any atom is -0.375 e. The van der Waals surface area contributed by atoms with Gasteiger partial charge in [0, 0.05) is 0 Å². The maximum Gasteiger partial charge on any atom is 0.122 e. The van der Waals surface area contributed by atoms with Crippen LogP contribution in [0, 0.1) is 0 Å². The molecule has 0 aromatic rings. The van der Waals surface area contributed by atoms with Crippen molar-refractivity contribution in [3.05, 3.63) is 0 Å². The number of nitrogens with one attached hydrogen (secondary N) is 1. The molecule has 0 aromatic carbocycles. The zero-order chi connectivity index (χ0) is 5.21. The molecule has 0 rings (SSSR count). The van der Waals surface area contributed by atoms with Crippen LogP contribution >= 0.6 is 0 Å². The monoisotopic (exact) mass is 90.1 g/mol. The molecule has 0 aliphatic rings. The Morgan fingerprint density at radius 1 is 1.67 bits per heavy atom. The molecule has 3 nitrogen and oxygen atoms in total. The summed E-state index contributed by atoms with van der Waals surface area (Å²) in [5.41, 5.74) is 1.23. The van der Waals surface area contributed by atoms with Gasteiger partial charge in [-0.15, -0.1) is 0 Å². The smallest absolute Gasteiger partial charge is 0.122 e. The molecule has 0 amide bonds. The summed E-state index contributed by atoms with van der Waals surface area (Å²) in [6.45, 7) is 3.12. The zero-order valence-corrected chi connectivity index (χ0v) is 4.02. The third kappa shape index (κ3) is 3.88. The highest BCUT2D eigenvalue weighted by Gasteiger charge is 2.05. The topological polar surface area (TPSA) is 58.3 Å². The molecular formula is C3H10N2O. The molecule has 0 fully saturated rings. The van der Waals surface area contributed by atoms with Gasteiger partial charge in [0.2, 0.25) is 0 Å². The molecule has 38 valence electrons. The second kappa shape index (κ2) is 1.55. The van der Waals surface area contributed by atoms with Crippen molar-refractivity contribution in [2.24, 2.45) is 5.84 Å². The quantitative estimate of drug-likeness (QED) is 0.224. The highest BCUT2D eigenvalue weighted by molar-refractivity contribution is 4.52. The number of rotatable bonds is 1. The normalized spacial score (nSPS) is 12.0. The Kier molecular flexibility index (Phi) is 1.52. The average Bonchev–Trinajstić information content (AvgIpc) is 1.35. The van der Waals surface area contributed by atoms with Crippen molar-refractivity contribution in [3.63, 3.8) is 0 Å². The highest BCUT2D eigenvalue weighted by Crippen LogP contribution is 1.87. The van der Waals surface area contributed by atoms with Gasteiger partial charge in [-0.1, -0.05) is 0 Å². The minimum absolute atomic E-state index is 0.931. The van der Waals surface area contributed by atoms with E-state index in [0.717, 1.165) is 0 Å². The first-order chi connectivity index (χ1) is 2.56. The summed E-state index contributed by atoms with van der Waals surface area (Å²) in [7, 11) is 0. The molecule has 0 aliphatic heterocycles. The minimum atomic E-state index is -0.931. The Balaban J connectivity index is 3.17. The van der Waals surface area contributed by atoms with Crippen LogP contribution in [-0.2, 0) is 0 Å². The summed E-state index contributed by atoms with van der Waals surface area (Å²) >= 11 is 0. The first kappa shape index (κ1) is 5.88. The number of nitrogens with two attached hydrogens (primary N) is 1. The van der Waals surface area contributed by atoms with E-state index < -0.39 is 5.72 Å². The number of aliphatic hydroxyl groups is 1. The van der Waals surface area contributed by atoms with Crippen molar-refractivity contribution in [1.82, 2.24) is 5.43 Å². The van der Waals surface area contributed by atoms with Crippen LogP contribution in [0.2, 0.25) is 0 Å². The van der Waals surface area contributed by atoms with Gasteiger partial charge in [-0.2, -0.15) is 0 Å². The van der Waals surface area contributed by atoms with Crippen LogP contribution in [0.4, 0.5) is 0 Å². The van der Waals surface area contributed by atoms with Crippen LogP contribution in [0.3, 0.4) is 0 Å². The van der Waals surface area contributed by atoms with E-state index >= 15 is 0 Å². The number of hydrogen-bond donors (Lipinski definition) is 3.